The van der Waals surface area contributed by atoms with Crippen molar-refractivity contribution in [2.75, 3.05) is 11.6 Å². The Morgan fingerprint density at radius 2 is 1.90 bits per heavy atom. The lowest BCUT2D eigenvalue weighted by molar-refractivity contribution is -0.117. The molecule has 0 amide bonds. The number of nitrogens with zero attached hydrogens (tertiary/aromatic N) is 3. The Kier molecular flexibility index (Phi) is 5.28. The summed E-state index contributed by atoms with van der Waals surface area (Å²) in [5.41, 5.74) is 3.91. The van der Waals surface area contributed by atoms with Gasteiger partial charge in [0.25, 0.3) is 0 Å². The second-order valence-electron chi connectivity index (χ2n) is 8.07. The maximum atomic E-state index is 13.0. The third-order valence-corrected chi connectivity index (χ3v) is 6.27. The first-order valence-corrected chi connectivity index (χ1v) is 11.7. The molecule has 158 valence electrons. The van der Waals surface area contributed by atoms with Crippen LogP contribution in [-0.4, -0.2) is 26.8 Å². The highest BCUT2D eigenvalue weighted by Crippen LogP contribution is 2.42. The predicted molar refractivity (Wildman–Crippen MR) is 121 cm³/mol. The fourth-order valence-electron chi connectivity index (χ4n) is 4.27. The number of anilines is 1. The zero-order valence-corrected chi connectivity index (χ0v) is 18.4. The normalized spacial score (nSPS) is 20.1. The van der Waals surface area contributed by atoms with Crippen molar-refractivity contribution in [2.45, 2.75) is 37.6 Å². The minimum atomic E-state index is -0.275. The van der Waals surface area contributed by atoms with E-state index in [0.717, 1.165) is 34.6 Å². The molecule has 1 N–H and O–H groups in total. The van der Waals surface area contributed by atoms with Crippen LogP contribution in [0.25, 0.3) is 0 Å². The molecule has 2 aromatic carbocycles. The van der Waals surface area contributed by atoms with Gasteiger partial charge in [0.1, 0.15) is 18.4 Å². The van der Waals surface area contributed by atoms with Crippen LogP contribution >= 0.6 is 11.8 Å². The molecule has 0 unspecified atom stereocenters. The minimum absolute atomic E-state index is 0.183. The highest BCUT2D eigenvalue weighted by molar-refractivity contribution is 7.98. The van der Waals surface area contributed by atoms with Gasteiger partial charge in [0.15, 0.2) is 5.78 Å². The Bertz CT molecular complexity index is 1140. The number of nitrogens with one attached hydrogen (secondary N) is 1. The van der Waals surface area contributed by atoms with E-state index in [1.807, 2.05) is 65.5 Å². The number of carbonyl (C=O) groups excluding carboxylic acids is 1. The van der Waals surface area contributed by atoms with Crippen LogP contribution in [0.4, 0.5) is 5.95 Å². The number of aromatic nitrogens is 3. The number of hydrogen-bond acceptors (Lipinski definition) is 6. The molecule has 0 fully saturated rings. The van der Waals surface area contributed by atoms with E-state index in [2.05, 4.69) is 22.3 Å². The van der Waals surface area contributed by atoms with E-state index < -0.39 is 0 Å². The maximum Gasteiger partial charge on any atom is 0.227 e. The second-order valence-corrected chi connectivity index (χ2v) is 8.84. The molecule has 1 aromatic heterocycles. The monoisotopic (exact) mass is 432 g/mol. The lowest BCUT2D eigenvalue weighted by atomic mass is 9.81. The summed E-state index contributed by atoms with van der Waals surface area (Å²) in [4.78, 5) is 17.6. The smallest absolute Gasteiger partial charge is 0.227 e. The number of hydrogen-bond donors (Lipinski definition) is 1. The Labute approximate surface area is 185 Å². The fraction of sp³-hybridized carbons (Fsp3) is 0.292. The number of Topliss-reactive ketones (excluding diaryl/α,β-unsaturated/α-hetero) is 1. The van der Waals surface area contributed by atoms with Crippen molar-refractivity contribution in [3.8, 4) is 5.75 Å². The van der Waals surface area contributed by atoms with Crippen LogP contribution in [0.2, 0.25) is 0 Å². The van der Waals surface area contributed by atoms with E-state index in [-0.39, 0.29) is 11.8 Å². The van der Waals surface area contributed by atoms with Crippen LogP contribution in [0.15, 0.2) is 71.0 Å². The molecule has 31 heavy (non-hydrogen) atoms. The minimum Gasteiger partial charge on any atom is -0.489 e. The van der Waals surface area contributed by atoms with Gasteiger partial charge in [0, 0.05) is 17.7 Å². The van der Waals surface area contributed by atoms with Crippen molar-refractivity contribution in [1.29, 1.82) is 0 Å². The summed E-state index contributed by atoms with van der Waals surface area (Å²) in [6.07, 6.45) is 3.36. The summed E-state index contributed by atoms with van der Waals surface area (Å²) in [6.45, 7) is 2.63. The molecule has 5 rings (SSSR count). The SMILES string of the molecule is CSc1nc2n(n1)[C@@H](c1ccc(OCc3ccccc3)cc1)C1=C(C[C@@H](C)CC1=O)N2. The largest absolute Gasteiger partial charge is 0.489 e. The molecule has 0 saturated carbocycles. The van der Waals surface area contributed by atoms with Gasteiger partial charge < -0.3 is 10.1 Å². The van der Waals surface area contributed by atoms with Gasteiger partial charge in [0.05, 0.1) is 0 Å². The Balaban J connectivity index is 1.47. The summed E-state index contributed by atoms with van der Waals surface area (Å²) in [6, 6.07) is 17.8. The molecule has 0 saturated heterocycles. The molecule has 6 nitrogen and oxygen atoms in total. The number of fused-ring (bicyclic) bond motifs is 1. The van der Waals surface area contributed by atoms with Crippen LogP contribution in [0.3, 0.4) is 0 Å². The molecule has 2 heterocycles. The summed E-state index contributed by atoms with van der Waals surface area (Å²) in [5.74, 6) is 1.99. The first-order valence-electron chi connectivity index (χ1n) is 10.4. The predicted octanol–water partition coefficient (Wildman–Crippen LogP) is 4.85. The molecule has 1 aliphatic heterocycles. The zero-order chi connectivity index (χ0) is 21.4. The van der Waals surface area contributed by atoms with Crippen molar-refractivity contribution < 1.29 is 9.53 Å². The molecule has 0 bridgehead atoms. The number of ketones is 1. The molecule has 2 aliphatic rings. The third kappa shape index (κ3) is 3.85. The van der Waals surface area contributed by atoms with Crippen molar-refractivity contribution in [1.82, 2.24) is 14.8 Å². The maximum absolute atomic E-state index is 13.0. The zero-order valence-electron chi connectivity index (χ0n) is 17.5. The highest BCUT2D eigenvalue weighted by Gasteiger charge is 2.38. The molecular weight excluding hydrogens is 408 g/mol. The van der Waals surface area contributed by atoms with Gasteiger partial charge >= 0.3 is 0 Å². The average molecular weight is 433 g/mol. The van der Waals surface area contributed by atoms with Crippen LogP contribution in [0.5, 0.6) is 5.75 Å². The van der Waals surface area contributed by atoms with E-state index in [9.17, 15) is 4.79 Å². The van der Waals surface area contributed by atoms with Gasteiger partial charge in [-0.25, -0.2) is 4.68 Å². The van der Waals surface area contributed by atoms with Crippen LogP contribution in [-0.2, 0) is 11.4 Å². The van der Waals surface area contributed by atoms with E-state index in [4.69, 9.17) is 4.74 Å². The van der Waals surface area contributed by atoms with Gasteiger partial charge in [-0.15, -0.1) is 5.10 Å². The molecule has 2 atom stereocenters. The van der Waals surface area contributed by atoms with Gasteiger partial charge in [-0.1, -0.05) is 61.2 Å². The van der Waals surface area contributed by atoms with E-state index in [1.165, 1.54) is 11.8 Å². The van der Waals surface area contributed by atoms with Crippen LogP contribution in [0.1, 0.15) is 36.9 Å². The Hall–Kier alpha value is -3.06. The van der Waals surface area contributed by atoms with Gasteiger partial charge in [0.2, 0.25) is 11.1 Å². The quantitative estimate of drug-likeness (QED) is 0.582. The van der Waals surface area contributed by atoms with Gasteiger partial charge in [-0.2, -0.15) is 4.98 Å². The van der Waals surface area contributed by atoms with Crippen LogP contribution in [0, 0.1) is 5.92 Å². The third-order valence-electron chi connectivity index (χ3n) is 5.73. The molecule has 3 aromatic rings. The number of benzene rings is 2. The van der Waals surface area contributed by atoms with Crippen molar-refractivity contribution in [3.63, 3.8) is 0 Å². The lowest BCUT2D eigenvalue weighted by Crippen LogP contribution is -2.33. The molecule has 7 heteroatoms. The number of thioether (sulfide) groups is 1. The number of rotatable bonds is 5. The molecular formula is C24H24N4O2S. The number of carbonyl (C=O) groups is 1. The summed E-state index contributed by atoms with van der Waals surface area (Å²) >= 11 is 1.49. The fourth-order valence-corrected chi connectivity index (χ4v) is 4.62. The molecule has 0 spiro atoms. The van der Waals surface area contributed by atoms with Crippen LogP contribution < -0.4 is 10.1 Å². The lowest BCUT2D eigenvalue weighted by Gasteiger charge is -2.34. The first-order chi connectivity index (χ1) is 15.1. The second kappa shape index (κ2) is 8.23. The Morgan fingerprint density at radius 1 is 1.13 bits per heavy atom. The highest BCUT2D eigenvalue weighted by atomic mass is 32.2. The average Bonchev–Trinajstić information content (AvgIpc) is 3.20. The molecule has 1 aliphatic carbocycles. The van der Waals surface area contributed by atoms with Crippen molar-refractivity contribution in [3.05, 3.63) is 77.0 Å². The molecule has 0 radical (unpaired) electrons. The first kappa shape index (κ1) is 19.9. The summed E-state index contributed by atoms with van der Waals surface area (Å²) < 4.78 is 7.78. The Morgan fingerprint density at radius 3 is 2.65 bits per heavy atom. The topological polar surface area (TPSA) is 69.0 Å². The van der Waals surface area contributed by atoms with Crippen molar-refractivity contribution >= 4 is 23.5 Å². The van der Waals surface area contributed by atoms with Gasteiger partial charge in [-0.3, -0.25) is 4.79 Å². The van der Waals surface area contributed by atoms with E-state index in [1.54, 1.807) is 0 Å². The summed E-state index contributed by atoms with van der Waals surface area (Å²) in [5, 5.41) is 8.72. The van der Waals surface area contributed by atoms with E-state index >= 15 is 0 Å². The van der Waals surface area contributed by atoms with Crippen molar-refractivity contribution in [2.24, 2.45) is 5.92 Å². The standard InChI is InChI=1S/C24H24N4O2S/c1-15-12-19-21(20(29)13-15)22(28-23(25-19)26-24(27-28)31-2)17-8-10-18(11-9-17)30-14-16-6-4-3-5-7-16/h3-11,15,22H,12-14H2,1-2H3,(H,25,26,27)/t15-,22+/m1/s1. The van der Waals surface area contributed by atoms with E-state index in [0.29, 0.717) is 30.1 Å². The number of allylic oxidation sites excluding steroid dienone is 2. The number of ether oxygens (including phenoxy) is 1. The summed E-state index contributed by atoms with van der Waals surface area (Å²) in [7, 11) is 0. The van der Waals surface area contributed by atoms with Gasteiger partial charge in [-0.05, 0) is 41.9 Å².